The van der Waals surface area contributed by atoms with Crippen LogP contribution in [0, 0.1) is 0 Å². The molecule has 0 bridgehead atoms. The summed E-state index contributed by atoms with van der Waals surface area (Å²) in [5.41, 5.74) is -1.04. The highest BCUT2D eigenvalue weighted by atomic mass is 19.4. The zero-order valence-corrected chi connectivity index (χ0v) is 18.8. The summed E-state index contributed by atoms with van der Waals surface area (Å²) in [4.78, 5) is 14.4. The highest BCUT2D eigenvalue weighted by molar-refractivity contribution is 5.83. The summed E-state index contributed by atoms with van der Waals surface area (Å²) >= 11 is 0. The van der Waals surface area contributed by atoms with E-state index in [9.17, 15) is 23.1 Å². The highest BCUT2D eigenvalue weighted by Gasteiger charge is 2.41. The number of halogens is 3. The van der Waals surface area contributed by atoms with Gasteiger partial charge in [-0.25, -0.2) is 0 Å². The predicted molar refractivity (Wildman–Crippen MR) is 120 cm³/mol. The number of benzene rings is 2. The van der Waals surface area contributed by atoms with Gasteiger partial charge in [0.05, 0.1) is 30.6 Å². The standard InChI is InChI=1S/C25H26F3NO5/c1-2-32-19-9-5-6-10-20(19)33-23-21(31)16-11-12-18(30)17(15-29-13-7-3-4-8-14-29)22(16)34-24(23)25(26,27)28/h5-6,9-12,30H,2-4,7-8,13-15H2,1H3/p+1. The molecule has 1 saturated heterocycles. The lowest BCUT2D eigenvalue weighted by Gasteiger charge is -2.19. The van der Waals surface area contributed by atoms with Crippen LogP contribution in [-0.4, -0.2) is 24.8 Å². The van der Waals surface area contributed by atoms with Crippen molar-refractivity contribution in [1.82, 2.24) is 0 Å². The minimum atomic E-state index is -5.00. The molecule has 0 atom stereocenters. The molecule has 0 aliphatic carbocycles. The maximum absolute atomic E-state index is 14.0. The van der Waals surface area contributed by atoms with Crippen LogP contribution in [0.4, 0.5) is 13.2 Å². The van der Waals surface area contributed by atoms with Crippen LogP contribution in [-0.2, 0) is 12.7 Å². The molecule has 1 aliphatic rings. The summed E-state index contributed by atoms with van der Waals surface area (Å²) in [6.07, 6.45) is -0.808. The number of alkyl halides is 3. The molecular weight excluding hydrogens is 451 g/mol. The van der Waals surface area contributed by atoms with Crippen molar-refractivity contribution >= 4 is 11.0 Å². The number of ether oxygens (including phenoxy) is 2. The molecule has 0 spiro atoms. The van der Waals surface area contributed by atoms with Crippen molar-refractivity contribution in [1.29, 1.82) is 0 Å². The maximum Gasteiger partial charge on any atom is 0.453 e. The third-order valence-corrected chi connectivity index (χ3v) is 5.95. The molecule has 1 fully saturated rings. The first-order chi connectivity index (χ1) is 16.3. The molecule has 182 valence electrons. The average Bonchev–Trinajstić information content (AvgIpc) is 3.07. The Morgan fingerprint density at radius 1 is 1.03 bits per heavy atom. The molecule has 4 rings (SSSR count). The van der Waals surface area contributed by atoms with E-state index >= 15 is 0 Å². The Hall–Kier alpha value is -3.20. The van der Waals surface area contributed by atoms with Crippen molar-refractivity contribution in [3.8, 4) is 23.0 Å². The molecule has 34 heavy (non-hydrogen) atoms. The lowest BCUT2D eigenvalue weighted by atomic mass is 10.1. The first kappa shape index (κ1) is 23.9. The first-order valence-corrected chi connectivity index (χ1v) is 11.4. The normalized spacial score (nSPS) is 15.3. The van der Waals surface area contributed by atoms with Crippen LogP contribution in [0.5, 0.6) is 23.0 Å². The number of rotatable bonds is 6. The zero-order chi connectivity index (χ0) is 24.3. The molecule has 2 heterocycles. The lowest BCUT2D eigenvalue weighted by Crippen LogP contribution is -3.10. The number of fused-ring (bicyclic) bond motifs is 1. The van der Waals surface area contributed by atoms with E-state index in [2.05, 4.69) is 0 Å². The molecule has 0 amide bonds. The Labute approximate surface area is 194 Å². The number of nitrogens with one attached hydrogen (secondary N) is 1. The van der Waals surface area contributed by atoms with Crippen LogP contribution in [0.15, 0.2) is 45.6 Å². The van der Waals surface area contributed by atoms with Gasteiger partial charge in [0.15, 0.2) is 17.1 Å². The van der Waals surface area contributed by atoms with Crippen LogP contribution >= 0.6 is 0 Å². The van der Waals surface area contributed by atoms with Gasteiger partial charge in [0.2, 0.25) is 11.2 Å². The van der Waals surface area contributed by atoms with E-state index in [1.54, 1.807) is 19.1 Å². The minimum Gasteiger partial charge on any atom is -0.507 e. The third kappa shape index (κ3) is 4.99. The fourth-order valence-corrected chi connectivity index (χ4v) is 4.31. The van der Waals surface area contributed by atoms with Crippen LogP contribution in [0.1, 0.15) is 43.9 Å². The monoisotopic (exact) mass is 478 g/mol. The molecule has 1 aliphatic heterocycles. The molecule has 0 radical (unpaired) electrons. The second kappa shape index (κ2) is 9.97. The van der Waals surface area contributed by atoms with Gasteiger partial charge in [0.1, 0.15) is 12.3 Å². The van der Waals surface area contributed by atoms with Gasteiger partial charge in [-0.15, -0.1) is 0 Å². The van der Waals surface area contributed by atoms with E-state index in [4.69, 9.17) is 13.9 Å². The molecule has 1 aromatic heterocycles. The van der Waals surface area contributed by atoms with Gasteiger partial charge < -0.3 is 23.9 Å². The number of phenols is 1. The molecule has 2 aromatic carbocycles. The molecule has 2 N–H and O–H groups in total. The van der Waals surface area contributed by atoms with E-state index in [1.807, 2.05) is 0 Å². The van der Waals surface area contributed by atoms with Crippen LogP contribution in [0.3, 0.4) is 0 Å². The second-order valence-electron chi connectivity index (χ2n) is 8.35. The first-order valence-electron chi connectivity index (χ1n) is 11.4. The quantitative estimate of drug-likeness (QED) is 0.539. The average molecular weight is 478 g/mol. The SMILES string of the molecule is CCOc1ccccc1Oc1c(C(F)(F)F)oc2c(C[NH+]3CCCCCC3)c(O)ccc2c1=O. The van der Waals surface area contributed by atoms with E-state index < -0.39 is 23.1 Å². The molecular formula is C25H27F3NO5+. The van der Waals surface area contributed by atoms with Gasteiger partial charge >= 0.3 is 6.18 Å². The largest absolute Gasteiger partial charge is 0.507 e. The number of hydrogen-bond donors (Lipinski definition) is 2. The number of hydrogen-bond acceptors (Lipinski definition) is 5. The number of phenolic OH excluding ortho intramolecular Hbond substituents is 1. The second-order valence-corrected chi connectivity index (χ2v) is 8.35. The van der Waals surface area contributed by atoms with Crippen molar-refractivity contribution in [2.45, 2.75) is 45.3 Å². The molecule has 0 unspecified atom stereocenters. The van der Waals surface area contributed by atoms with Crippen molar-refractivity contribution < 1.29 is 37.1 Å². The number of quaternary nitrogens is 1. The molecule has 6 nitrogen and oxygen atoms in total. The lowest BCUT2D eigenvalue weighted by molar-refractivity contribution is -0.913. The van der Waals surface area contributed by atoms with Gasteiger partial charge in [-0.05, 0) is 56.9 Å². The van der Waals surface area contributed by atoms with Crippen molar-refractivity contribution in [3.05, 3.63) is 57.9 Å². The van der Waals surface area contributed by atoms with Gasteiger partial charge in [0, 0.05) is 0 Å². The van der Waals surface area contributed by atoms with Crippen molar-refractivity contribution in [3.63, 3.8) is 0 Å². The third-order valence-electron chi connectivity index (χ3n) is 5.95. The Kier molecular flexibility index (Phi) is 7.02. The fourth-order valence-electron chi connectivity index (χ4n) is 4.31. The zero-order valence-electron chi connectivity index (χ0n) is 18.8. The Balaban J connectivity index is 1.86. The summed E-state index contributed by atoms with van der Waals surface area (Å²) in [6, 6.07) is 8.74. The highest BCUT2D eigenvalue weighted by Crippen LogP contribution is 2.41. The summed E-state index contributed by atoms with van der Waals surface area (Å²) in [6.45, 7) is 3.92. The smallest absolute Gasteiger partial charge is 0.453 e. The molecule has 3 aromatic rings. The van der Waals surface area contributed by atoms with E-state index in [0.29, 0.717) is 0 Å². The predicted octanol–water partition coefficient (Wildman–Crippen LogP) is 4.67. The number of likely N-dealkylation sites (tertiary alicyclic amines) is 1. The van der Waals surface area contributed by atoms with Crippen LogP contribution in [0.2, 0.25) is 0 Å². The van der Waals surface area contributed by atoms with Gasteiger partial charge in [-0.2, -0.15) is 13.2 Å². The summed E-state index contributed by atoms with van der Waals surface area (Å²) in [7, 11) is 0. The summed E-state index contributed by atoms with van der Waals surface area (Å²) in [5, 5.41) is 10.4. The summed E-state index contributed by atoms with van der Waals surface area (Å²) < 4.78 is 58.3. The Morgan fingerprint density at radius 3 is 2.35 bits per heavy atom. The molecule has 0 saturated carbocycles. The van der Waals surface area contributed by atoms with Gasteiger partial charge in [-0.3, -0.25) is 4.79 Å². The van der Waals surface area contributed by atoms with E-state index in [1.165, 1.54) is 24.3 Å². The van der Waals surface area contributed by atoms with E-state index in [-0.39, 0.29) is 46.9 Å². The van der Waals surface area contributed by atoms with Crippen LogP contribution in [0.25, 0.3) is 11.0 Å². The Bertz CT molecular complexity index is 1210. The fraction of sp³-hybridized carbons (Fsp3) is 0.400. The molecule has 9 heteroatoms. The van der Waals surface area contributed by atoms with Crippen molar-refractivity contribution in [2.24, 2.45) is 0 Å². The van der Waals surface area contributed by atoms with Crippen molar-refractivity contribution in [2.75, 3.05) is 19.7 Å². The van der Waals surface area contributed by atoms with Gasteiger partial charge in [0.25, 0.3) is 5.76 Å². The van der Waals surface area contributed by atoms with Gasteiger partial charge in [-0.1, -0.05) is 12.1 Å². The minimum absolute atomic E-state index is 0.0329. The summed E-state index contributed by atoms with van der Waals surface area (Å²) in [5.74, 6) is -2.54. The number of aromatic hydroxyl groups is 1. The van der Waals surface area contributed by atoms with Crippen LogP contribution < -0.4 is 19.8 Å². The Morgan fingerprint density at radius 2 is 1.71 bits per heavy atom. The topological polar surface area (TPSA) is 73.3 Å². The van der Waals surface area contributed by atoms with E-state index in [0.717, 1.165) is 43.7 Å². The number of para-hydroxylation sites is 2. The maximum atomic E-state index is 14.0.